The smallest absolute Gasteiger partial charge is 0.259 e. The number of rotatable bonds is 0. The first-order valence-corrected chi connectivity index (χ1v) is 4.58. The standard InChI is InChI=1S/C10H8N4O/c1-6-4-9-12-10(15)7-2-3-11-5-8(7)14(9)13-6/h2-5H,1H3,(H,12,15). The number of nitrogens with one attached hydrogen (secondary N) is 1. The molecule has 3 heterocycles. The molecule has 0 fully saturated rings. The molecule has 0 spiro atoms. The molecule has 0 radical (unpaired) electrons. The lowest BCUT2D eigenvalue weighted by Crippen LogP contribution is -2.09. The lowest BCUT2D eigenvalue weighted by molar-refractivity contribution is 0.947. The van der Waals surface area contributed by atoms with Crippen molar-refractivity contribution in [3.05, 3.63) is 40.6 Å². The zero-order chi connectivity index (χ0) is 10.4. The summed E-state index contributed by atoms with van der Waals surface area (Å²) in [7, 11) is 0. The van der Waals surface area contributed by atoms with E-state index >= 15 is 0 Å². The summed E-state index contributed by atoms with van der Waals surface area (Å²) < 4.78 is 1.69. The summed E-state index contributed by atoms with van der Waals surface area (Å²) >= 11 is 0. The van der Waals surface area contributed by atoms with Crippen LogP contribution in [0.3, 0.4) is 0 Å². The van der Waals surface area contributed by atoms with Gasteiger partial charge in [-0.2, -0.15) is 5.10 Å². The van der Waals surface area contributed by atoms with Crippen LogP contribution in [0, 0.1) is 6.92 Å². The molecule has 3 rings (SSSR count). The van der Waals surface area contributed by atoms with E-state index in [1.165, 1.54) is 0 Å². The number of H-pyrrole nitrogens is 1. The summed E-state index contributed by atoms with van der Waals surface area (Å²) in [5, 5.41) is 4.89. The van der Waals surface area contributed by atoms with Crippen LogP contribution in [0.15, 0.2) is 29.3 Å². The van der Waals surface area contributed by atoms with Gasteiger partial charge in [0.15, 0.2) is 0 Å². The van der Waals surface area contributed by atoms with Crippen molar-refractivity contribution in [1.29, 1.82) is 0 Å². The Morgan fingerprint density at radius 1 is 1.47 bits per heavy atom. The summed E-state index contributed by atoms with van der Waals surface area (Å²) in [6.07, 6.45) is 3.24. The molecular formula is C10H8N4O. The minimum atomic E-state index is -0.111. The van der Waals surface area contributed by atoms with Gasteiger partial charge in [-0.3, -0.25) is 9.78 Å². The number of pyridine rings is 1. The van der Waals surface area contributed by atoms with E-state index in [0.717, 1.165) is 11.2 Å². The molecule has 74 valence electrons. The van der Waals surface area contributed by atoms with Crippen molar-refractivity contribution < 1.29 is 0 Å². The number of fused-ring (bicyclic) bond motifs is 3. The van der Waals surface area contributed by atoms with Gasteiger partial charge >= 0.3 is 0 Å². The quantitative estimate of drug-likeness (QED) is 0.586. The molecule has 0 bridgehead atoms. The Kier molecular flexibility index (Phi) is 1.45. The van der Waals surface area contributed by atoms with Crippen LogP contribution in [0.25, 0.3) is 16.6 Å². The third-order valence-electron chi connectivity index (χ3n) is 2.35. The molecular weight excluding hydrogens is 192 g/mol. The minimum Gasteiger partial charge on any atom is -0.306 e. The van der Waals surface area contributed by atoms with Gasteiger partial charge in [0.1, 0.15) is 5.65 Å². The molecule has 0 unspecified atom stereocenters. The summed E-state index contributed by atoms with van der Waals surface area (Å²) in [6.45, 7) is 1.88. The van der Waals surface area contributed by atoms with Crippen LogP contribution in [0.5, 0.6) is 0 Å². The molecule has 0 aliphatic carbocycles. The SMILES string of the molecule is Cc1cc2[nH]c(=O)c3ccncc3n2n1. The average molecular weight is 200 g/mol. The third-order valence-corrected chi connectivity index (χ3v) is 2.35. The third kappa shape index (κ3) is 1.06. The van der Waals surface area contributed by atoms with E-state index in [4.69, 9.17) is 0 Å². The second-order valence-corrected chi connectivity index (χ2v) is 3.43. The maximum Gasteiger partial charge on any atom is 0.259 e. The molecule has 5 heteroatoms. The highest BCUT2D eigenvalue weighted by atomic mass is 16.1. The fourth-order valence-electron chi connectivity index (χ4n) is 1.70. The van der Waals surface area contributed by atoms with E-state index in [9.17, 15) is 4.79 Å². The topological polar surface area (TPSA) is 63.0 Å². The van der Waals surface area contributed by atoms with Gasteiger partial charge in [0, 0.05) is 12.3 Å². The van der Waals surface area contributed by atoms with E-state index in [1.807, 2.05) is 13.0 Å². The first-order valence-electron chi connectivity index (χ1n) is 4.58. The Bertz CT molecular complexity index is 710. The molecule has 3 aromatic rings. The number of aryl methyl sites for hydroxylation is 1. The van der Waals surface area contributed by atoms with Crippen molar-refractivity contribution in [2.24, 2.45) is 0 Å². The van der Waals surface area contributed by atoms with Crippen molar-refractivity contribution >= 4 is 16.6 Å². The molecule has 0 aromatic carbocycles. The Balaban J connectivity index is 2.69. The second-order valence-electron chi connectivity index (χ2n) is 3.43. The van der Waals surface area contributed by atoms with Crippen LogP contribution in [-0.2, 0) is 0 Å². The average Bonchev–Trinajstić information content (AvgIpc) is 2.59. The van der Waals surface area contributed by atoms with Gasteiger partial charge in [-0.05, 0) is 13.0 Å². The number of hydrogen-bond acceptors (Lipinski definition) is 3. The summed E-state index contributed by atoms with van der Waals surface area (Å²) in [4.78, 5) is 18.4. The maximum absolute atomic E-state index is 11.7. The van der Waals surface area contributed by atoms with Crippen molar-refractivity contribution in [2.75, 3.05) is 0 Å². The lowest BCUT2D eigenvalue weighted by atomic mass is 10.3. The van der Waals surface area contributed by atoms with Gasteiger partial charge in [0.2, 0.25) is 0 Å². The predicted octanol–water partition coefficient (Wildman–Crippen LogP) is 0.879. The highest BCUT2D eigenvalue weighted by Crippen LogP contribution is 2.10. The zero-order valence-corrected chi connectivity index (χ0v) is 8.06. The second kappa shape index (κ2) is 2.66. The van der Waals surface area contributed by atoms with Crippen LogP contribution in [-0.4, -0.2) is 19.6 Å². The summed E-state index contributed by atoms with van der Waals surface area (Å²) in [5.74, 6) is 0. The fourth-order valence-corrected chi connectivity index (χ4v) is 1.70. The Labute approximate surface area is 84.4 Å². The van der Waals surface area contributed by atoms with E-state index < -0.39 is 0 Å². The molecule has 0 saturated carbocycles. The zero-order valence-electron chi connectivity index (χ0n) is 8.06. The largest absolute Gasteiger partial charge is 0.306 e. The van der Waals surface area contributed by atoms with Crippen molar-refractivity contribution in [3.63, 3.8) is 0 Å². The van der Waals surface area contributed by atoms with E-state index in [-0.39, 0.29) is 5.56 Å². The van der Waals surface area contributed by atoms with E-state index in [1.54, 1.807) is 23.0 Å². The molecule has 15 heavy (non-hydrogen) atoms. The lowest BCUT2D eigenvalue weighted by Gasteiger charge is -1.98. The van der Waals surface area contributed by atoms with Crippen molar-refractivity contribution in [2.45, 2.75) is 6.92 Å². The van der Waals surface area contributed by atoms with E-state index in [0.29, 0.717) is 11.0 Å². The van der Waals surface area contributed by atoms with Crippen molar-refractivity contribution in [3.8, 4) is 0 Å². The summed E-state index contributed by atoms with van der Waals surface area (Å²) in [5.41, 5.74) is 2.17. The van der Waals surface area contributed by atoms with Gasteiger partial charge in [0.25, 0.3) is 5.56 Å². The maximum atomic E-state index is 11.7. The molecule has 3 aromatic heterocycles. The van der Waals surface area contributed by atoms with Crippen LogP contribution in [0.4, 0.5) is 0 Å². The molecule has 5 nitrogen and oxygen atoms in total. The van der Waals surface area contributed by atoms with Gasteiger partial charge in [-0.15, -0.1) is 0 Å². The number of aromatic nitrogens is 4. The number of nitrogens with zero attached hydrogens (tertiary/aromatic N) is 3. The highest BCUT2D eigenvalue weighted by Gasteiger charge is 2.05. The highest BCUT2D eigenvalue weighted by molar-refractivity contribution is 5.78. The Morgan fingerprint density at radius 3 is 3.20 bits per heavy atom. The van der Waals surface area contributed by atoms with Crippen LogP contribution >= 0.6 is 0 Å². The molecule has 0 saturated heterocycles. The first-order chi connectivity index (χ1) is 7.25. The van der Waals surface area contributed by atoms with Gasteiger partial charge in [-0.25, -0.2) is 4.52 Å². The first kappa shape index (κ1) is 8.16. The Hall–Kier alpha value is -2.17. The molecule has 0 aliphatic heterocycles. The number of hydrogen-bond donors (Lipinski definition) is 1. The van der Waals surface area contributed by atoms with Gasteiger partial charge in [0.05, 0.1) is 22.8 Å². The van der Waals surface area contributed by atoms with Crippen molar-refractivity contribution in [1.82, 2.24) is 19.6 Å². The minimum absolute atomic E-state index is 0.111. The monoisotopic (exact) mass is 200 g/mol. The number of aromatic amines is 1. The van der Waals surface area contributed by atoms with Crippen LogP contribution < -0.4 is 5.56 Å². The molecule has 1 N–H and O–H groups in total. The van der Waals surface area contributed by atoms with E-state index in [2.05, 4.69) is 15.1 Å². The predicted molar refractivity (Wildman–Crippen MR) is 55.9 cm³/mol. The van der Waals surface area contributed by atoms with Gasteiger partial charge < -0.3 is 4.98 Å². The Morgan fingerprint density at radius 2 is 2.33 bits per heavy atom. The molecule has 0 amide bonds. The normalized spacial score (nSPS) is 11.3. The fraction of sp³-hybridized carbons (Fsp3) is 0.100. The van der Waals surface area contributed by atoms with Crippen LogP contribution in [0.2, 0.25) is 0 Å². The molecule has 0 aliphatic rings. The van der Waals surface area contributed by atoms with Gasteiger partial charge in [-0.1, -0.05) is 0 Å². The molecule has 0 atom stereocenters. The summed E-state index contributed by atoms with van der Waals surface area (Å²) in [6, 6.07) is 3.51. The van der Waals surface area contributed by atoms with Crippen LogP contribution in [0.1, 0.15) is 5.69 Å².